The minimum Gasteiger partial charge on any atom is -0.494 e. The van der Waals surface area contributed by atoms with E-state index in [1.807, 2.05) is 72.1 Å². The topological polar surface area (TPSA) is 51.5 Å². The largest absolute Gasteiger partial charge is 0.494 e. The summed E-state index contributed by atoms with van der Waals surface area (Å²) in [4.78, 5) is 9.10. The zero-order valence-electron chi connectivity index (χ0n) is 14.9. The third-order valence-corrected chi connectivity index (χ3v) is 4.45. The summed E-state index contributed by atoms with van der Waals surface area (Å²) >= 11 is 5.98. The first kappa shape index (κ1) is 17.4. The Hall–Kier alpha value is -3.05. The van der Waals surface area contributed by atoms with Crippen molar-refractivity contribution in [1.82, 2.24) is 14.4 Å². The van der Waals surface area contributed by atoms with Gasteiger partial charge in [0.1, 0.15) is 17.3 Å². The predicted molar refractivity (Wildman–Crippen MR) is 108 cm³/mol. The Bertz CT molecular complexity index is 1060. The first-order chi connectivity index (χ1) is 13.2. The molecule has 5 nitrogen and oxygen atoms in total. The smallest absolute Gasteiger partial charge is 0.235 e. The second-order valence-corrected chi connectivity index (χ2v) is 6.48. The minimum absolute atomic E-state index is 0.623. The number of halogens is 1. The highest BCUT2D eigenvalue weighted by Gasteiger charge is 2.15. The van der Waals surface area contributed by atoms with Crippen LogP contribution in [-0.2, 0) is 6.54 Å². The summed E-state index contributed by atoms with van der Waals surface area (Å²) in [6, 6.07) is 17.6. The van der Waals surface area contributed by atoms with Crippen LogP contribution in [0.4, 0.5) is 5.82 Å². The highest BCUT2D eigenvalue weighted by atomic mass is 35.5. The van der Waals surface area contributed by atoms with Gasteiger partial charge in [0.05, 0.1) is 6.61 Å². The van der Waals surface area contributed by atoms with Crippen molar-refractivity contribution in [2.24, 2.45) is 0 Å². The number of aromatic nitrogens is 3. The van der Waals surface area contributed by atoms with Gasteiger partial charge in [0, 0.05) is 29.5 Å². The van der Waals surface area contributed by atoms with Crippen LogP contribution in [0.3, 0.4) is 0 Å². The van der Waals surface area contributed by atoms with E-state index in [4.69, 9.17) is 21.3 Å². The van der Waals surface area contributed by atoms with E-state index >= 15 is 0 Å². The molecular weight excluding hydrogens is 360 g/mol. The van der Waals surface area contributed by atoms with Crippen molar-refractivity contribution in [3.63, 3.8) is 0 Å². The molecular formula is C21H19ClN4O. The number of fused-ring (bicyclic) bond motifs is 1. The van der Waals surface area contributed by atoms with Crippen LogP contribution in [0.25, 0.3) is 17.0 Å². The molecule has 0 saturated heterocycles. The average Bonchev–Trinajstić information content (AvgIpc) is 3.07. The Morgan fingerprint density at radius 3 is 2.78 bits per heavy atom. The summed E-state index contributed by atoms with van der Waals surface area (Å²) in [5.74, 6) is 2.36. The summed E-state index contributed by atoms with van der Waals surface area (Å²) < 4.78 is 7.60. The Kier molecular flexibility index (Phi) is 4.94. The summed E-state index contributed by atoms with van der Waals surface area (Å²) in [5.41, 5.74) is 2.95. The van der Waals surface area contributed by atoms with E-state index in [2.05, 4.69) is 10.3 Å². The van der Waals surface area contributed by atoms with Crippen LogP contribution in [-0.4, -0.2) is 21.0 Å². The number of nitrogens with zero attached hydrogens (tertiary/aromatic N) is 3. The Morgan fingerprint density at radius 1 is 1.11 bits per heavy atom. The van der Waals surface area contributed by atoms with Crippen molar-refractivity contribution in [3.8, 4) is 17.0 Å². The van der Waals surface area contributed by atoms with Crippen molar-refractivity contribution >= 4 is 23.2 Å². The van der Waals surface area contributed by atoms with Crippen LogP contribution in [0.5, 0.6) is 5.75 Å². The number of rotatable bonds is 6. The molecule has 4 rings (SSSR count). The fourth-order valence-electron chi connectivity index (χ4n) is 2.95. The molecule has 27 heavy (non-hydrogen) atoms. The Balaban J connectivity index is 1.73. The SMILES string of the molecule is CCOc1cccc(-c2nc3ncccn3c2NCc2ccc(Cl)cc2)c1. The lowest BCUT2D eigenvalue weighted by Gasteiger charge is -2.10. The van der Waals surface area contributed by atoms with Gasteiger partial charge in [-0.3, -0.25) is 4.40 Å². The van der Waals surface area contributed by atoms with Gasteiger partial charge in [-0.1, -0.05) is 35.9 Å². The number of benzene rings is 2. The molecule has 0 fully saturated rings. The molecule has 6 heteroatoms. The standard InChI is InChI=1S/C21H19ClN4O/c1-2-27-18-6-3-5-16(13-18)19-20(26-12-4-11-23-21(26)25-19)24-14-15-7-9-17(22)10-8-15/h3-13,24H,2,14H2,1H3. The van der Waals surface area contributed by atoms with E-state index < -0.39 is 0 Å². The van der Waals surface area contributed by atoms with Crippen molar-refractivity contribution in [3.05, 3.63) is 77.6 Å². The van der Waals surface area contributed by atoms with E-state index in [1.165, 1.54) is 0 Å². The molecule has 0 atom stereocenters. The number of anilines is 1. The van der Waals surface area contributed by atoms with E-state index in [0.29, 0.717) is 18.9 Å². The van der Waals surface area contributed by atoms with Gasteiger partial charge in [-0.15, -0.1) is 0 Å². The maximum Gasteiger partial charge on any atom is 0.235 e. The third-order valence-electron chi connectivity index (χ3n) is 4.20. The van der Waals surface area contributed by atoms with Crippen molar-refractivity contribution in [2.75, 3.05) is 11.9 Å². The average molecular weight is 379 g/mol. The monoisotopic (exact) mass is 378 g/mol. The van der Waals surface area contributed by atoms with Crippen molar-refractivity contribution in [2.45, 2.75) is 13.5 Å². The quantitative estimate of drug-likeness (QED) is 0.509. The lowest BCUT2D eigenvalue weighted by atomic mass is 10.1. The van der Waals surface area contributed by atoms with E-state index in [9.17, 15) is 0 Å². The Labute approximate surface area is 162 Å². The lowest BCUT2D eigenvalue weighted by molar-refractivity contribution is 0.340. The highest BCUT2D eigenvalue weighted by molar-refractivity contribution is 6.30. The minimum atomic E-state index is 0.623. The summed E-state index contributed by atoms with van der Waals surface area (Å²) in [6.07, 6.45) is 3.70. The summed E-state index contributed by atoms with van der Waals surface area (Å²) in [5, 5.41) is 4.23. The van der Waals surface area contributed by atoms with Crippen LogP contribution in [0.15, 0.2) is 67.0 Å². The van der Waals surface area contributed by atoms with Crippen LogP contribution in [0.1, 0.15) is 12.5 Å². The second-order valence-electron chi connectivity index (χ2n) is 6.04. The first-order valence-corrected chi connectivity index (χ1v) is 9.17. The van der Waals surface area contributed by atoms with Crippen LogP contribution in [0, 0.1) is 0 Å². The molecule has 2 heterocycles. The maximum absolute atomic E-state index is 5.98. The second kappa shape index (κ2) is 7.68. The molecule has 0 bridgehead atoms. The van der Waals surface area contributed by atoms with Crippen LogP contribution < -0.4 is 10.1 Å². The Morgan fingerprint density at radius 2 is 1.96 bits per heavy atom. The highest BCUT2D eigenvalue weighted by Crippen LogP contribution is 2.30. The number of hydrogen-bond donors (Lipinski definition) is 1. The molecule has 2 aromatic heterocycles. The van der Waals surface area contributed by atoms with Gasteiger partial charge in [-0.25, -0.2) is 9.97 Å². The lowest BCUT2D eigenvalue weighted by Crippen LogP contribution is -2.03. The van der Waals surface area contributed by atoms with Crippen LogP contribution in [0.2, 0.25) is 5.02 Å². The zero-order valence-corrected chi connectivity index (χ0v) is 15.6. The molecule has 0 unspecified atom stereocenters. The number of nitrogens with one attached hydrogen (secondary N) is 1. The fourth-order valence-corrected chi connectivity index (χ4v) is 3.07. The molecule has 0 amide bonds. The molecule has 136 valence electrons. The number of hydrogen-bond acceptors (Lipinski definition) is 4. The van der Waals surface area contributed by atoms with Crippen LogP contribution >= 0.6 is 11.6 Å². The van der Waals surface area contributed by atoms with E-state index in [1.54, 1.807) is 6.20 Å². The number of ether oxygens (including phenoxy) is 1. The summed E-state index contributed by atoms with van der Waals surface area (Å²) in [6.45, 7) is 3.25. The van der Waals surface area contributed by atoms with Gasteiger partial charge in [-0.05, 0) is 42.8 Å². The number of imidazole rings is 1. The van der Waals surface area contributed by atoms with Crippen molar-refractivity contribution < 1.29 is 4.74 Å². The molecule has 0 aliphatic heterocycles. The maximum atomic E-state index is 5.98. The zero-order chi connectivity index (χ0) is 18.6. The summed E-state index contributed by atoms with van der Waals surface area (Å²) in [7, 11) is 0. The van der Waals surface area contributed by atoms with Gasteiger partial charge in [-0.2, -0.15) is 0 Å². The molecule has 0 saturated carbocycles. The fraction of sp³-hybridized carbons (Fsp3) is 0.143. The van der Waals surface area contributed by atoms with E-state index in [0.717, 1.165) is 33.4 Å². The first-order valence-electron chi connectivity index (χ1n) is 8.79. The molecule has 4 aromatic rings. The van der Waals surface area contributed by atoms with Gasteiger partial charge >= 0.3 is 0 Å². The van der Waals surface area contributed by atoms with Gasteiger partial charge in [0.15, 0.2) is 0 Å². The van der Waals surface area contributed by atoms with Crippen molar-refractivity contribution in [1.29, 1.82) is 0 Å². The van der Waals surface area contributed by atoms with E-state index in [-0.39, 0.29) is 0 Å². The molecule has 2 aromatic carbocycles. The predicted octanol–water partition coefficient (Wildman–Crippen LogP) is 5.06. The molecule has 0 radical (unpaired) electrons. The van der Waals surface area contributed by atoms with Gasteiger partial charge < -0.3 is 10.1 Å². The normalized spacial score (nSPS) is 10.9. The molecule has 1 N–H and O–H groups in total. The third kappa shape index (κ3) is 3.73. The van der Waals surface area contributed by atoms with Gasteiger partial charge in [0.2, 0.25) is 5.78 Å². The molecule has 0 aliphatic carbocycles. The van der Waals surface area contributed by atoms with Gasteiger partial charge in [0.25, 0.3) is 0 Å². The molecule has 0 aliphatic rings. The molecule has 0 spiro atoms.